The van der Waals surface area contributed by atoms with Gasteiger partial charge < -0.3 is 10.4 Å². The summed E-state index contributed by atoms with van der Waals surface area (Å²) in [5.41, 5.74) is 4.53. The number of aliphatic hydroxyl groups is 1. The summed E-state index contributed by atoms with van der Waals surface area (Å²) in [5, 5.41) is 21.5. The lowest BCUT2D eigenvalue weighted by molar-refractivity contribution is 0.267. The van der Waals surface area contributed by atoms with Gasteiger partial charge in [-0.05, 0) is 40.2 Å². The Morgan fingerprint density at radius 3 is 2.59 bits per heavy atom. The molecular weight excluding hydrogens is 278 g/mol. The highest BCUT2D eigenvalue weighted by atomic mass is 16.3. The molecule has 0 aromatic carbocycles. The third-order valence-electron chi connectivity index (χ3n) is 4.32. The minimum Gasteiger partial charge on any atom is -0.394 e. The quantitative estimate of drug-likeness (QED) is 0.817. The zero-order valence-electron chi connectivity index (χ0n) is 14.2. The summed E-state index contributed by atoms with van der Waals surface area (Å²) in [4.78, 5) is 0. The van der Waals surface area contributed by atoms with Crippen LogP contribution >= 0.6 is 0 Å². The van der Waals surface area contributed by atoms with Gasteiger partial charge in [-0.1, -0.05) is 0 Å². The summed E-state index contributed by atoms with van der Waals surface area (Å²) in [6.45, 7) is 11.9. The molecule has 0 bridgehead atoms. The molecule has 0 fully saturated rings. The second-order valence-electron chi connectivity index (χ2n) is 6.00. The third kappa shape index (κ3) is 3.56. The Labute approximate surface area is 132 Å². The zero-order chi connectivity index (χ0) is 16.3. The van der Waals surface area contributed by atoms with Gasteiger partial charge in [-0.3, -0.25) is 9.36 Å². The lowest BCUT2D eigenvalue weighted by Gasteiger charge is -2.22. The van der Waals surface area contributed by atoms with E-state index in [9.17, 15) is 0 Å². The molecule has 2 aromatic rings. The van der Waals surface area contributed by atoms with Crippen molar-refractivity contribution in [2.45, 2.75) is 59.8 Å². The molecule has 0 amide bonds. The molecule has 0 saturated carbocycles. The van der Waals surface area contributed by atoms with Gasteiger partial charge in [0.15, 0.2) is 0 Å². The van der Waals surface area contributed by atoms with Crippen LogP contribution in [0.3, 0.4) is 0 Å². The highest BCUT2D eigenvalue weighted by Gasteiger charge is 2.17. The van der Waals surface area contributed by atoms with Crippen molar-refractivity contribution in [1.29, 1.82) is 0 Å². The Hall–Kier alpha value is -1.66. The van der Waals surface area contributed by atoms with Gasteiger partial charge in [-0.25, -0.2) is 0 Å². The maximum absolute atomic E-state index is 9.08. The minimum atomic E-state index is 0.112. The topological polar surface area (TPSA) is 67.9 Å². The van der Waals surface area contributed by atoms with Crippen molar-refractivity contribution in [3.05, 3.63) is 34.9 Å². The van der Waals surface area contributed by atoms with Gasteiger partial charge in [0.25, 0.3) is 0 Å². The Morgan fingerprint density at radius 1 is 1.27 bits per heavy atom. The van der Waals surface area contributed by atoms with Gasteiger partial charge in [-0.15, -0.1) is 0 Å². The number of aliphatic hydroxyl groups excluding tert-OH is 1. The van der Waals surface area contributed by atoms with Gasteiger partial charge in [-0.2, -0.15) is 10.2 Å². The molecule has 2 N–H and O–H groups in total. The summed E-state index contributed by atoms with van der Waals surface area (Å²) in [5.74, 6) is 0. The van der Waals surface area contributed by atoms with Crippen LogP contribution in [-0.2, 0) is 13.1 Å². The second-order valence-corrected chi connectivity index (χ2v) is 6.00. The molecule has 6 nitrogen and oxygen atoms in total. The average molecular weight is 305 g/mol. The van der Waals surface area contributed by atoms with E-state index in [2.05, 4.69) is 49.4 Å². The van der Waals surface area contributed by atoms with Crippen LogP contribution in [0.15, 0.2) is 12.4 Å². The van der Waals surface area contributed by atoms with Crippen molar-refractivity contribution < 1.29 is 5.11 Å². The van der Waals surface area contributed by atoms with Crippen LogP contribution in [0.25, 0.3) is 0 Å². The number of aryl methyl sites for hydroxylation is 2. The fourth-order valence-corrected chi connectivity index (χ4v) is 2.62. The number of hydrogen-bond donors (Lipinski definition) is 2. The molecule has 122 valence electrons. The lowest BCUT2D eigenvalue weighted by atomic mass is 10.1. The van der Waals surface area contributed by atoms with E-state index in [-0.39, 0.29) is 12.6 Å². The molecule has 0 aliphatic carbocycles. The van der Waals surface area contributed by atoms with Crippen molar-refractivity contribution in [3.8, 4) is 0 Å². The van der Waals surface area contributed by atoms with Gasteiger partial charge in [0, 0.05) is 30.0 Å². The largest absolute Gasteiger partial charge is 0.394 e. The maximum atomic E-state index is 9.08. The van der Waals surface area contributed by atoms with Crippen molar-refractivity contribution in [2.75, 3.05) is 6.61 Å². The predicted molar refractivity (Wildman–Crippen MR) is 86.8 cm³/mol. The van der Waals surface area contributed by atoms with Crippen LogP contribution in [-0.4, -0.2) is 37.3 Å². The van der Waals surface area contributed by atoms with Crippen LogP contribution in [0.5, 0.6) is 0 Å². The second kappa shape index (κ2) is 7.07. The van der Waals surface area contributed by atoms with E-state index in [0.717, 1.165) is 17.9 Å². The molecular formula is C16H27N5O. The van der Waals surface area contributed by atoms with E-state index < -0.39 is 0 Å². The molecule has 0 unspecified atom stereocenters. The molecule has 0 saturated heterocycles. The van der Waals surface area contributed by atoms with E-state index in [1.165, 1.54) is 11.1 Å². The molecule has 0 radical (unpaired) electrons. The Morgan fingerprint density at radius 2 is 2.00 bits per heavy atom. The molecule has 2 heterocycles. The van der Waals surface area contributed by atoms with Crippen molar-refractivity contribution in [3.63, 3.8) is 0 Å². The molecule has 2 rings (SSSR count). The van der Waals surface area contributed by atoms with Crippen molar-refractivity contribution in [2.24, 2.45) is 0 Å². The standard InChI is InChI=1S/C16H27N5O/c1-11-8-18-21(10-11)14(4)12(2)17-9-16-13(3)19-20(6-7-22)15(16)5/h8,10,12,14,17,22H,6-7,9H2,1-5H3/t12-,14+/m0/s1. The van der Waals surface area contributed by atoms with E-state index >= 15 is 0 Å². The molecule has 2 atom stereocenters. The van der Waals surface area contributed by atoms with Gasteiger partial charge in [0.05, 0.1) is 31.1 Å². The first-order valence-electron chi connectivity index (χ1n) is 7.82. The zero-order valence-corrected chi connectivity index (χ0v) is 14.2. The molecule has 0 aliphatic heterocycles. The summed E-state index contributed by atoms with van der Waals surface area (Å²) in [6, 6.07) is 0.570. The molecule has 22 heavy (non-hydrogen) atoms. The molecule has 0 spiro atoms. The first-order valence-corrected chi connectivity index (χ1v) is 7.82. The summed E-state index contributed by atoms with van der Waals surface area (Å²) >= 11 is 0. The van der Waals surface area contributed by atoms with E-state index in [0.29, 0.717) is 12.6 Å². The maximum Gasteiger partial charge on any atom is 0.0644 e. The highest BCUT2D eigenvalue weighted by molar-refractivity contribution is 5.24. The number of aromatic nitrogens is 4. The van der Waals surface area contributed by atoms with Crippen LogP contribution < -0.4 is 5.32 Å². The summed E-state index contributed by atoms with van der Waals surface area (Å²) < 4.78 is 3.87. The predicted octanol–water partition coefficient (Wildman–Crippen LogP) is 1.74. The van der Waals surface area contributed by atoms with E-state index in [4.69, 9.17) is 5.11 Å². The Kier molecular flexibility index (Phi) is 5.37. The van der Waals surface area contributed by atoms with Crippen molar-refractivity contribution >= 4 is 0 Å². The van der Waals surface area contributed by atoms with Crippen LogP contribution in [0.4, 0.5) is 0 Å². The number of rotatable bonds is 7. The van der Waals surface area contributed by atoms with Crippen LogP contribution in [0, 0.1) is 20.8 Å². The molecule has 2 aromatic heterocycles. The van der Waals surface area contributed by atoms with Gasteiger partial charge in [0.1, 0.15) is 0 Å². The third-order valence-corrected chi connectivity index (χ3v) is 4.32. The van der Waals surface area contributed by atoms with Gasteiger partial charge in [0.2, 0.25) is 0 Å². The van der Waals surface area contributed by atoms with Crippen molar-refractivity contribution in [1.82, 2.24) is 24.9 Å². The Balaban J connectivity index is 2.00. The number of hydrogen-bond acceptors (Lipinski definition) is 4. The van der Waals surface area contributed by atoms with Gasteiger partial charge >= 0.3 is 0 Å². The monoisotopic (exact) mass is 305 g/mol. The molecule has 0 aliphatic rings. The number of nitrogens with zero attached hydrogens (tertiary/aromatic N) is 4. The first-order chi connectivity index (χ1) is 10.4. The van der Waals surface area contributed by atoms with E-state index in [1.807, 2.05) is 22.5 Å². The average Bonchev–Trinajstić information content (AvgIpc) is 3.02. The van der Waals surface area contributed by atoms with Crippen LogP contribution in [0.2, 0.25) is 0 Å². The summed E-state index contributed by atoms with van der Waals surface area (Å²) in [6.07, 6.45) is 3.95. The highest BCUT2D eigenvalue weighted by Crippen LogP contribution is 2.15. The SMILES string of the molecule is Cc1cnn([C@H](C)[C@H](C)NCc2c(C)nn(CCO)c2C)c1. The first kappa shape index (κ1) is 16.7. The molecule has 6 heteroatoms. The Bertz CT molecular complexity index is 616. The number of nitrogens with one attached hydrogen (secondary N) is 1. The minimum absolute atomic E-state index is 0.112. The lowest BCUT2D eigenvalue weighted by Crippen LogP contribution is -2.33. The fraction of sp³-hybridized carbons (Fsp3) is 0.625. The smallest absolute Gasteiger partial charge is 0.0644 e. The fourth-order valence-electron chi connectivity index (χ4n) is 2.62. The van der Waals surface area contributed by atoms with Crippen LogP contribution in [0.1, 0.15) is 42.4 Å². The summed E-state index contributed by atoms with van der Waals surface area (Å²) in [7, 11) is 0. The normalized spacial score (nSPS) is 14.3. The van der Waals surface area contributed by atoms with E-state index in [1.54, 1.807) is 0 Å².